The number of fused-ring (bicyclic) bond motifs is 1. The van der Waals surface area contributed by atoms with Crippen LogP contribution in [0.1, 0.15) is 46.9 Å². The first-order chi connectivity index (χ1) is 15.9. The van der Waals surface area contributed by atoms with Gasteiger partial charge in [0, 0.05) is 32.3 Å². The van der Waals surface area contributed by atoms with Gasteiger partial charge in [-0.2, -0.15) is 0 Å². The first-order valence-electron chi connectivity index (χ1n) is 10.8. The van der Waals surface area contributed by atoms with Crippen molar-refractivity contribution in [1.82, 2.24) is 19.7 Å². The fourth-order valence-corrected chi connectivity index (χ4v) is 5.08. The van der Waals surface area contributed by atoms with Crippen LogP contribution in [0.15, 0.2) is 35.3 Å². The number of benzene rings is 1. The van der Waals surface area contributed by atoms with Crippen LogP contribution in [0, 0.1) is 5.82 Å². The number of hydrogen-bond donors (Lipinski definition) is 1. The molecule has 5 rings (SSSR count). The van der Waals surface area contributed by atoms with Crippen LogP contribution in [0.5, 0.6) is 5.75 Å². The molecule has 172 valence electrons. The van der Waals surface area contributed by atoms with E-state index >= 15 is 0 Å². The Bertz CT molecular complexity index is 1270. The Hall–Kier alpha value is -3.11. The van der Waals surface area contributed by atoms with E-state index in [0.717, 1.165) is 18.4 Å². The standard InChI is InChI=1S/C23H23FN4O4S/c1-12(32-2)17-11-27(15-7-8-15)23(31)19-21(30)20(29)16(10-28(17)19)22-26-25-18(33-22)9-13-3-5-14(24)6-4-13/h3-6,10,12,15,17,30H,7-9,11H2,1-2H3/t12-,17+/m0/s1. The maximum atomic E-state index is 13.2. The monoisotopic (exact) mass is 470 g/mol. The number of hydrogen-bond acceptors (Lipinski definition) is 7. The normalized spacial score (nSPS) is 18.9. The van der Waals surface area contributed by atoms with Crippen LogP contribution in [-0.4, -0.2) is 56.5 Å². The highest BCUT2D eigenvalue weighted by Gasteiger charge is 2.43. The second-order valence-corrected chi connectivity index (χ2v) is 9.54. The number of amides is 1. The van der Waals surface area contributed by atoms with Gasteiger partial charge in [0.05, 0.1) is 17.7 Å². The Morgan fingerprint density at radius 2 is 1.97 bits per heavy atom. The first-order valence-corrected chi connectivity index (χ1v) is 11.6. The Kier molecular flexibility index (Phi) is 5.49. The molecule has 2 aliphatic rings. The molecular formula is C23H23FN4O4S. The summed E-state index contributed by atoms with van der Waals surface area (Å²) in [5.74, 6) is -1.23. The third kappa shape index (κ3) is 3.93. The molecule has 0 spiro atoms. The summed E-state index contributed by atoms with van der Waals surface area (Å²) in [6, 6.07) is 5.98. The van der Waals surface area contributed by atoms with E-state index in [9.17, 15) is 19.1 Å². The molecule has 0 bridgehead atoms. The van der Waals surface area contributed by atoms with Crippen LogP contribution < -0.4 is 5.43 Å². The average Bonchev–Trinajstić information content (AvgIpc) is 3.55. The number of ether oxygens (including phenoxy) is 1. The minimum atomic E-state index is -0.652. The molecule has 2 atom stereocenters. The summed E-state index contributed by atoms with van der Waals surface area (Å²) in [6.07, 6.45) is 3.61. The summed E-state index contributed by atoms with van der Waals surface area (Å²) in [4.78, 5) is 27.9. The highest BCUT2D eigenvalue weighted by atomic mass is 32.1. The van der Waals surface area contributed by atoms with Crippen LogP contribution in [0.2, 0.25) is 0 Å². The number of aromatic nitrogens is 3. The summed E-state index contributed by atoms with van der Waals surface area (Å²) < 4.78 is 20.4. The van der Waals surface area contributed by atoms with Crippen LogP contribution in [0.3, 0.4) is 0 Å². The van der Waals surface area contributed by atoms with Gasteiger partial charge in [0.1, 0.15) is 10.8 Å². The van der Waals surface area contributed by atoms with Crippen molar-refractivity contribution in [2.75, 3.05) is 13.7 Å². The highest BCUT2D eigenvalue weighted by Crippen LogP contribution is 2.37. The average molecular weight is 471 g/mol. The zero-order valence-electron chi connectivity index (χ0n) is 18.2. The molecule has 0 radical (unpaired) electrons. The zero-order chi connectivity index (χ0) is 23.3. The van der Waals surface area contributed by atoms with Gasteiger partial charge in [0.25, 0.3) is 5.91 Å². The van der Waals surface area contributed by atoms with Gasteiger partial charge in [-0.3, -0.25) is 9.59 Å². The van der Waals surface area contributed by atoms with Crippen molar-refractivity contribution in [1.29, 1.82) is 0 Å². The number of nitrogens with zero attached hydrogens (tertiary/aromatic N) is 4. The topological polar surface area (TPSA) is 97.6 Å². The van der Waals surface area contributed by atoms with Gasteiger partial charge in [0.15, 0.2) is 16.5 Å². The van der Waals surface area contributed by atoms with Crippen molar-refractivity contribution in [2.24, 2.45) is 0 Å². The Labute approximate surface area is 193 Å². The second kappa shape index (κ2) is 8.35. The quantitative estimate of drug-likeness (QED) is 0.595. The molecule has 0 saturated heterocycles. The predicted octanol–water partition coefficient (Wildman–Crippen LogP) is 3.00. The van der Waals surface area contributed by atoms with Crippen molar-refractivity contribution >= 4 is 17.2 Å². The lowest BCUT2D eigenvalue weighted by Gasteiger charge is -2.38. The molecule has 10 heteroatoms. The molecule has 33 heavy (non-hydrogen) atoms. The molecule has 2 aromatic heterocycles. The number of aromatic hydroxyl groups is 1. The molecule has 1 aromatic carbocycles. The number of carbonyl (C=O) groups excluding carboxylic acids is 1. The minimum absolute atomic E-state index is 0.00755. The van der Waals surface area contributed by atoms with Crippen LogP contribution in [0.25, 0.3) is 10.6 Å². The number of rotatable bonds is 6. The summed E-state index contributed by atoms with van der Waals surface area (Å²) in [7, 11) is 1.60. The second-order valence-electron chi connectivity index (χ2n) is 8.48. The number of halogens is 1. The van der Waals surface area contributed by atoms with Crippen molar-refractivity contribution in [2.45, 2.75) is 44.4 Å². The van der Waals surface area contributed by atoms with Gasteiger partial charge >= 0.3 is 0 Å². The highest BCUT2D eigenvalue weighted by molar-refractivity contribution is 7.14. The lowest BCUT2D eigenvalue weighted by atomic mass is 10.0. The van der Waals surface area contributed by atoms with Crippen molar-refractivity contribution in [3.8, 4) is 16.3 Å². The van der Waals surface area contributed by atoms with Crippen LogP contribution in [-0.2, 0) is 11.2 Å². The molecule has 3 heterocycles. The summed E-state index contributed by atoms with van der Waals surface area (Å²) in [5.41, 5.74) is 0.385. The van der Waals surface area contributed by atoms with Crippen LogP contribution in [0.4, 0.5) is 4.39 Å². The molecule has 1 N–H and O–H groups in total. The molecule has 3 aromatic rings. The fraction of sp³-hybridized carbons (Fsp3) is 0.391. The van der Waals surface area contributed by atoms with Crippen molar-refractivity contribution in [3.63, 3.8) is 0 Å². The largest absolute Gasteiger partial charge is 0.503 e. The fourth-order valence-electron chi connectivity index (χ4n) is 4.20. The van der Waals surface area contributed by atoms with Gasteiger partial charge < -0.3 is 19.3 Å². The minimum Gasteiger partial charge on any atom is -0.503 e. The van der Waals surface area contributed by atoms with E-state index in [0.29, 0.717) is 23.0 Å². The van der Waals surface area contributed by atoms with E-state index < -0.39 is 11.2 Å². The Morgan fingerprint density at radius 1 is 1.24 bits per heavy atom. The van der Waals surface area contributed by atoms with Gasteiger partial charge in [-0.15, -0.1) is 10.2 Å². The maximum absolute atomic E-state index is 13.2. The zero-order valence-corrected chi connectivity index (χ0v) is 19.0. The van der Waals surface area contributed by atoms with E-state index in [-0.39, 0.29) is 41.2 Å². The molecule has 1 aliphatic carbocycles. The summed E-state index contributed by atoms with van der Waals surface area (Å²) >= 11 is 1.22. The molecule has 1 amide bonds. The lowest BCUT2D eigenvalue weighted by molar-refractivity contribution is 0.0317. The Morgan fingerprint density at radius 3 is 2.64 bits per heavy atom. The van der Waals surface area contributed by atoms with Crippen molar-refractivity contribution < 1.29 is 19.0 Å². The van der Waals surface area contributed by atoms with Gasteiger partial charge in [-0.1, -0.05) is 23.5 Å². The number of carbonyl (C=O) groups is 1. The van der Waals surface area contributed by atoms with E-state index in [1.807, 2.05) is 6.92 Å². The van der Waals surface area contributed by atoms with Crippen molar-refractivity contribution in [3.05, 3.63) is 62.8 Å². The molecular weight excluding hydrogens is 447 g/mol. The van der Waals surface area contributed by atoms with E-state index in [4.69, 9.17) is 4.74 Å². The number of methoxy groups -OCH3 is 1. The van der Waals surface area contributed by atoms with Gasteiger partial charge in [-0.25, -0.2) is 4.39 Å². The summed E-state index contributed by atoms with van der Waals surface area (Å²) in [6.45, 7) is 2.34. The van der Waals surface area contributed by atoms with E-state index in [1.54, 1.807) is 34.9 Å². The summed E-state index contributed by atoms with van der Waals surface area (Å²) in [5, 5.41) is 20.1. The van der Waals surface area contributed by atoms with Gasteiger partial charge in [0.2, 0.25) is 5.43 Å². The first kappa shape index (κ1) is 21.7. The smallest absolute Gasteiger partial charge is 0.274 e. The van der Waals surface area contributed by atoms with E-state index in [2.05, 4.69) is 10.2 Å². The predicted molar refractivity (Wildman–Crippen MR) is 120 cm³/mol. The Balaban J connectivity index is 1.54. The molecule has 1 aliphatic heterocycles. The third-order valence-corrected chi connectivity index (χ3v) is 7.24. The van der Waals surface area contributed by atoms with Crippen LogP contribution >= 0.6 is 11.3 Å². The maximum Gasteiger partial charge on any atom is 0.274 e. The third-order valence-electron chi connectivity index (χ3n) is 6.28. The molecule has 1 saturated carbocycles. The molecule has 0 unspecified atom stereocenters. The lowest BCUT2D eigenvalue weighted by Crippen LogP contribution is -2.48. The van der Waals surface area contributed by atoms with Gasteiger partial charge in [-0.05, 0) is 37.5 Å². The number of pyridine rings is 1. The SMILES string of the molecule is CO[C@@H](C)[C@H]1CN(C2CC2)C(=O)c2c(O)c(=O)c(-c3nnc(Cc4ccc(F)cc4)s3)cn21. The molecule has 8 nitrogen and oxygen atoms in total. The molecule has 1 fully saturated rings. The van der Waals surface area contributed by atoms with E-state index in [1.165, 1.54) is 23.5 Å².